The summed E-state index contributed by atoms with van der Waals surface area (Å²) in [7, 11) is -3.63. The van der Waals surface area contributed by atoms with Crippen molar-refractivity contribution in [3.8, 4) is 0 Å². The molecule has 2 aromatic carbocycles. The predicted octanol–water partition coefficient (Wildman–Crippen LogP) is 4.97. The Bertz CT molecular complexity index is 1010. The van der Waals surface area contributed by atoms with Crippen LogP contribution in [0, 0.1) is 11.7 Å². The number of rotatable bonds is 5. The molecule has 0 spiro atoms. The van der Waals surface area contributed by atoms with Gasteiger partial charge in [-0.15, -0.1) is 0 Å². The zero-order valence-electron chi connectivity index (χ0n) is 15.2. The Hall–Kier alpha value is -1.38. The number of carbonyl (C=O) groups is 1. The van der Waals surface area contributed by atoms with Crippen molar-refractivity contribution in [2.24, 2.45) is 5.92 Å². The number of carbonyl (C=O) groups excluding carboxylic acids is 1. The fourth-order valence-corrected chi connectivity index (χ4v) is 5.65. The fraction of sp³-hybridized carbons (Fsp3) is 0.316. The molecule has 1 aliphatic rings. The third-order valence-corrected chi connectivity index (χ3v) is 7.60. The lowest BCUT2D eigenvalue weighted by molar-refractivity contribution is -0.120. The van der Waals surface area contributed by atoms with Crippen LogP contribution in [0.15, 0.2) is 36.4 Å². The Kier molecular flexibility index (Phi) is 7.06. The maximum Gasteiger partial charge on any atom is 0.227 e. The molecule has 0 bridgehead atoms. The average molecular weight is 480 g/mol. The lowest BCUT2D eigenvalue weighted by Crippen LogP contribution is -2.42. The summed E-state index contributed by atoms with van der Waals surface area (Å²) in [5.74, 6) is -1.47. The number of hydrogen-bond donors (Lipinski definition) is 1. The van der Waals surface area contributed by atoms with Crippen molar-refractivity contribution in [2.75, 3.05) is 18.4 Å². The molecule has 1 heterocycles. The highest BCUT2D eigenvalue weighted by Crippen LogP contribution is 2.29. The number of halogens is 4. The number of sulfonamides is 1. The molecule has 0 radical (unpaired) electrons. The number of hydrogen-bond acceptors (Lipinski definition) is 3. The zero-order chi connectivity index (χ0) is 21.2. The van der Waals surface area contributed by atoms with Crippen LogP contribution in [-0.4, -0.2) is 31.7 Å². The van der Waals surface area contributed by atoms with Crippen molar-refractivity contribution in [3.05, 3.63) is 62.8 Å². The Balaban J connectivity index is 1.60. The van der Waals surface area contributed by atoms with Crippen LogP contribution in [-0.2, 0) is 20.6 Å². The third-order valence-electron chi connectivity index (χ3n) is 4.79. The maximum atomic E-state index is 13.2. The van der Waals surface area contributed by atoms with E-state index in [4.69, 9.17) is 34.8 Å². The van der Waals surface area contributed by atoms with E-state index in [1.807, 2.05) is 0 Å². The van der Waals surface area contributed by atoms with Crippen LogP contribution in [0.1, 0.15) is 18.4 Å². The first-order chi connectivity index (χ1) is 13.7. The zero-order valence-corrected chi connectivity index (χ0v) is 18.3. The highest BCUT2D eigenvalue weighted by atomic mass is 35.5. The van der Waals surface area contributed by atoms with Crippen LogP contribution >= 0.6 is 34.8 Å². The van der Waals surface area contributed by atoms with E-state index in [0.717, 1.165) is 0 Å². The molecule has 10 heteroatoms. The van der Waals surface area contributed by atoms with Crippen molar-refractivity contribution in [1.29, 1.82) is 0 Å². The van der Waals surface area contributed by atoms with E-state index in [9.17, 15) is 17.6 Å². The highest BCUT2D eigenvalue weighted by molar-refractivity contribution is 7.88. The minimum absolute atomic E-state index is 0.0815. The second kappa shape index (κ2) is 9.18. The second-order valence-corrected chi connectivity index (χ2v) is 9.94. The van der Waals surface area contributed by atoms with Gasteiger partial charge >= 0.3 is 0 Å². The Labute approximate surface area is 183 Å². The molecule has 1 saturated heterocycles. The molecular formula is C19H18Cl3FN2O3S. The van der Waals surface area contributed by atoms with Crippen molar-refractivity contribution < 1.29 is 17.6 Å². The first-order valence-electron chi connectivity index (χ1n) is 8.84. The summed E-state index contributed by atoms with van der Waals surface area (Å²) in [6, 6.07) is 8.77. The summed E-state index contributed by atoms with van der Waals surface area (Å²) in [6.45, 7) is 0.430. The van der Waals surface area contributed by atoms with E-state index in [1.54, 1.807) is 18.2 Å². The Morgan fingerprint density at radius 2 is 1.69 bits per heavy atom. The predicted molar refractivity (Wildman–Crippen MR) is 113 cm³/mol. The molecule has 0 unspecified atom stereocenters. The summed E-state index contributed by atoms with van der Waals surface area (Å²) in [6.07, 6.45) is 0.743. The molecule has 0 aromatic heterocycles. The largest absolute Gasteiger partial charge is 0.326 e. The van der Waals surface area contributed by atoms with E-state index in [2.05, 4.69) is 5.32 Å². The van der Waals surface area contributed by atoms with Crippen LogP contribution in [0.5, 0.6) is 0 Å². The van der Waals surface area contributed by atoms with Gasteiger partial charge in [0.15, 0.2) is 0 Å². The van der Waals surface area contributed by atoms with Crippen LogP contribution in [0.3, 0.4) is 0 Å². The normalized spacial score (nSPS) is 16.0. The van der Waals surface area contributed by atoms with Gasteiger partial charge in [0.2, 0.25) is 15.9 Å². The molecule has 0 aliphatic carbocycles. The second-order valence-electron chi connectivity index (χ2n) is 6.75. The van der Waals surface area contributed by atoms with Gasteiger partial charge in [-0.3, -0.25) is 4.79 Å². The molecule has 5 nitrogen and oxygen atoms in total. The van der Waals surface area contributed by atoms with Gasteiger partial charge < -0.3 is 5.32 Å². The van der Waals surface area contributed by atoms with Crippen LogP contribution in [0.2, 0.25) is 15.1 Å². The molecule has 156 valence electrons. The minimum Gasteiger partial charge on any atom is -0.326 e. The molecular weight excluding hydrogens is 462 g/mol. The first-order valence-corrected chi connectivity index (χ1v) is 11.6. The Morgan fingerprint density at radius 3 is 2.28 bits per heavy atom. The number of anilines is 1. The molecule has 1 aliphatic heterocycles. The van der Waals surface area contributed by atoms with Crippen molar-refractivity contribution in [3.63, 3.8) is 0 Å². The SMILES string of the molecule is O=C(Nc1ccc(F)c(Cl)c1)C1CCN(S(=O)(=O)Cc2c(Cl)cccc2Cl)CC1. The summed E-state index contributed by atoms with van der Waals surface area (Å²) in [4.78, 5) is 12.4. The van der Waals surface area contributed by atoms with E-state index >= 15 is 0 Å². The van der Waals surface area contributed by atoms with Gasteiger partial charge in [0.25, 0.3) is 0 Å². The lowest BCUT2D eigenvalue weighted by atomic mass is 9.97. The van der Waals surface area contributed by atoms with E-state index < -0.39 is 15.8 Å². The summed E-state index contributed by atoms with van der Waals surface area (Å²) < 4.78 is 40.1. The molecule has 3 rings (SSSR count). The van der Waals surface area contributed by atoms with Gasteiger partial charge in [-0.2, -0.15) is 0 Å². The first kappa shape index (κ1) is 22.3. The minimum atomic E-state index is -3.63. The van der Waals surface area contributed by atoms with Crippen molar-refractivity contribution in [2.45, 2.75) is 18.6 Å². The summed E-state index contributed by atoms with van der Waals surface area (Å²) >= 11 is 17.9. The molecule has 0 atom stereocenters. The van der Waals surface area contributed by atoms with E-state index in [-0.39, 0.29) is 35.7 Å². The number of nitrogens with zero attached hydrogens (tertiary/aromatic N) is 1. The number of nitrogens with one attached hydrogen (secondary N) is 1. The van der Waals surface area contributed by atoms with Crippen LogP contribution in [0.4, 0.5) is 10.1 Å². The van der Waals surface area contributed by atoms with Gasteiger partial charge in [0, 0.05) is 40.3 Å². The molecule has 29 heavy (non-hydrogen) atoms. The quantitative estimate of drug-likeness (QED) is 0.659. The van der Waals surface area contributed by atoms with E-state index in [1.165, 1.54) is 22.5 Å². The molecule has 1 N–H and O–H groups in total. The fourth-order valence-electron chi connectivity index (χ4n) is 3.16. The van der Waals surface area contributed by atoms with Gasteiger partial charge in [-0.05, 0) is 43.2 Å². The topological polar surface area (TPSA) is 66.5 Å². The summed E-state index contributed by atoms with van der Waals surface area (Å²) in [5, 5.41) is 3.21. The van der Waals surface area contributed by atoms with Gasteiger partial charge in [0.1, 0.15) is 5.82 Å². The smallest absolute Gasteiger partial charge is 0.227 e. The highest BCUT2D eigenvalue weighted by Gasteiger charge is 2.32. The standard InChI is InChI=1S/C19H18Cl3FN2O3S/c20-15-2-1-3-16(21)14(15)11-29(27,28)25-8-6-12(7-9-25)19(26)24-13-4-5-18(23)17(22)10-13/h1-5,10,12H,6-9,11H2,(H,24,26). The van der Waals surface area contributed by atoms with Gasteiger partial charge in [-0.25, -0.2) is 17.1 Å². The molecule has 0 saturated carbocycles. The monoisotopic (exact) mass is 478 g/mol. The van der Waals surface area contributed by atoms with Crippen LogP contribution < -0.4 is 5.32 Å². The molecule has 1 fully saturated rings. The summed E-state index contributed by atoms with van der Waals surface area (Å²) in [5.41, 5.74) is 0.758. The van der Waals surface area contributed by atoms with E-state index in [0.29, 0.717) is 34.1 Å². The molecule has 1 amide bonds. The van der Waals surface area contributed by atoms with Crippen LogP contribution in [0.25, 0.3) is 0 Å². The van der Waals surface area contributed by atoms with Crippen molar-refractivity contribution in [1.82, 2.24) is 4.31 Å². The van der Waals surface area contributed by atoms with Crippen molar-refractivity contribution >= 4 is 56.4 Å². The van der Waals surface area contributed by atoms with Gasteiger partial charge in [-0.1, -0.05) is 40.9 Å². The molecule has 2 aromatic rings. The van der Waals surface area contributed by atoms with Gasteiger partial charge in [0.05, 0.1) is 10.8 Å². The average Bonchev–Trinajstić information content (AvgIpc) is 2.68. The lowest BCUT2D eigenvalue weighted by Gasteiger charge is -2.30. The third kappa shape index (κ3) is 5.41. The number of piperidine rings is 1. The maximum absolute atomic E-state index is 13.2. The Morgan fingerprint density at radius 1 is 1.07 bits per heavy atom. The number of amides is 1. The number of benzene rings is 2.